The van der Waals surface area contributed by atoms with E-state index < -0.39 is 11.9 Å². The highest BCUT2D eigenvalue weighted by Gasteiger charge is 2.08. The Bertz CT molecular complexity index is 402. The fourth-order valence-electron chi connectivity index (χ4n) is 1.25. The second-order valence-electron chi connectivity index (χ2n) is 4.78. The first-order valence-corrected chi connectivity index (χ1v) is 7.73. The first-order chi connectivity index (χ1) is 11.2. The van der Waals surface area contributed by atoms with E-state index in [9.17, 15) is 4.79 Å². The van der Waals surface area contributed by atoms with Crippen molar-refractivity contribution >= 4 is 11.9 Å². The SMILES string of the molecule is CC(=O)O.CCC(CC(=O)O)OC.CCO.Cc1ccccc1C. The third-order valence-corrected chi connectivity index (χ3v) is 2.62. The summed E-state index contributed by atoms with van der Waals surface area (Å²) in [6.45, 7) is 9.15. The van der Waals surface area contributed by atoms with Gasteiger partial charge >= 0.3 is 5.97 Å². The van der Waals surface area contributed by atoms with Crippen molar-refractivity contribution in [1.82, 2.24) is 0 Å². The van der Waals surface area contributed by atoms with Gasteiger partial charge in [0.05, 0.1) is 12.5 Å². The number of aliphatic hydroxyl groups excluding tert-OH is 1. The summed E-state index contributed by atoms with van der Waals surface area (Å²) in [7, 11) is 1.52. The topological polar surface area (TPSA) is 104 Å². The number of aryl methyl sites for hydroxylation is 2. The van der Waals surface area contributed by atoms with E-state index in [1.54, 1.807) is 6.92 Å². The standard InChI is InChI=1S/C8H10.C6H12O3.C2H4O2.C2H6O/c1-7-5-3-4-6-8(7)2;1-3-5(9-2)4-6(7)8;1-2(3)4;1-2-3/h3-6H,1-2H3;5H,3-4H2,1-2H3,(H,7,8);1H3,(H,3,4);3H,2H2,1H3. The van der Waals surface area contributed by atoms with Crippen molar-refractivity contribution in [3.05, 3.63) is 35.4 Å². The average molecular weight is 344 g/mol. The normalized spacial score (nSPS) is 9.79. The molecular formula is C18H32O6. The zero-order valence-electron chi connectivity index (χ0n) is 15.6. The van der Waals surface area contributed by atoms with Crippen LogP contribution in [-0.2, 0) is 14.3 Å². The molecule has 1 aromatic rings. The molecule has 0 heterocycles. The maximum absolute atomic E-state index is 10.0. The van der Waals surface area contributed by atoms with Gasteiger partial charge < -0.3 is 20.1 Å². The Labute approximate surface area is 145 Å². The number of carboxylic acid groups (broad SMARTS) is 2. The van der Waals surface area contributed by atoms with Crippen LogP contribution in [0.5, 0.6) is 0 Å². The van der Waals surface area contributed by atoms with E-state index in [0.29, 0.717) is 0 Å². The molecule has 140 valence electrons. The van der Waals surface area contributed by atoms with Gasteiger partial charge in [0.2, 0.25) is 0 Å². The van der Waals surface area contributed by atoms with E-state index in [0.717, 1.165) is 13.3 Å². The molecule has 0 radical (unpaired) electrons. The van der Waals surface area contributed by atoms with E-state index in [4.69, 9.17) is 24.9 Å². The maximum atomic E-state index is 10.0. The third kappa shape index (κ3) is 25.1. The van der Waals surface area contributed by atoms with Gasteiger partial charge in [0, 0.05) is 20.6 Å². The molecule has 0 spiro atoms. The lowest BCUT2D eigenvalue weighted by molar-refractivity contribution is -0.139. The van der Waals surface area contributed by atoms with Crippen LogP contribution in [0.2, 0.25) is 0 Å². The molecule has 1 atom stereocenters. The fraction of sp³-hybridized carbons (Fsp3) is 0.556. The van der Waals surface area contributed by atoms with E-state index in [1.165, 1.54) is 18.2 Å². The minimum atomic E-state index is -0.833. The molecule has 1 unspecified atom stereocenters. The van der Waals surface area contributed by atoms with Crippen molar-refractivity contribution in [2.75, 3.05) is 13.7 Å². The van der Waals surface area contributed by atoms with Gasteiger partial charge in [0.25, 0.3) is 5.97 Å². The predicted molar refractivity (Wildman–Crippen MR) is 95.3 cm³/mol. The predicted octanol–water partition coefficient (Wildman–Crippen LogP) is 3.28. The van der Waals surface area contributed by atoms with Crippen LogP contribution >= 0.6 is 0 Å². The number of hydrogen-bond donors (Lipinski definition) is 3. The molecule has 0 aliphatic carbocycles. The fourth-order valence-corrected chi connectivity index (χ4v) is 1.25. The first-order valence-electron chi connectivity index (χ1n) is 7.73. The van der Waals surface area contributed by atoms with Crippen LogP contribution in [0.3, 0.4) is 0 Å². The highest BCUT2D eigenvalue weighted by atomic mass is 16.5. The van der Waals surface area contributed by atoms with Gasteiger partial charge in [-0.05, 0) is 38.3 Å². The number of aliphatic hydroxyl groups is 1. The third-order valence-electron chi connectivity index (χ3n) is 2.62. The quantitative estimate of drug-likeness (QED) is 0.774. The Morgan fingerprint density at radius 3 is 1.54 bits per heavy atom. The molecule has 24 heavy (non-hydrogen) atoms. The van der Waals surface area contributed by atoms with Gasteiger partial charge in [-0.25, -0.2) is 0 Å². The zero-order chi connectivity index (χ0) is 19.5. The minimum absolute atomic E-state index is 0.104. The molecule has 0 bridgehead atoms. The van der Waals surface area contributed by atoms with Crippen molar-refractivity contribution in [1.29, 1.82) is 0 Å². The molecule has 6 heteroatoms. The minimum Gasteiger partial charge on any atom is -0.481 e. The highest BCUT2D eigenvalue weighted by Crippen LogP contribution is 2.02. The molecule has 0 aromatic heterocycles. The number of benzene rings is 1. The lowest BCUT2D eigenvalue weighted by Gasteiger charge is -2.07. The van der Waals surface area contributed by atoms with E-state index in [1.807, 2.05) is 6.92 Å². The molecule has 0 aliphatic rings. The van der Waals surface area contributed by atoms with Crippen LogP contribution < -0.4 is 0 Å². The zero-order valence-corrected chi connectivity index (χ0v) is 15.6. The summed E-state index contributed by atoms with van der Waals surface area (Å²) in [5.41, 5.74) is 2.74. The van der Waals surface area contributed by atoms with Crippen molar-refractivity contribution < 1.29 is 29.6 Å². The molecule has 0 saturated carbocycles. The van der Waals surface area contributed by atoms with Gasteiger partial charge in [0.1, 0.15) is 0 Å². The molecule has 6 nitrogen and oxygen atoms in total. The smallest absolute Gasteiger partial charge is 0.305 e. The Kier molecular flexibility index (Phi) is 21.5. The van der Waals surface area contributed by atoms with Crippen LogP contribution in [-0.4, -0.2) is 47.1 Å². The van der Waals surface area contributed by atoms with Gasteiger partial charge in [-0.15, -0.1) is 0 Å². The van der Waals surface area contributed by atoms with Crippen LogP contribution in [0.4, 0.5) is 0 Å². The number of ether oxygens (including phenoxy) is 1. The summed E-state index contributed by atoms with van der Waals surface area (Å²) in [4.78, 5) is 19.0. The summed E-state index contributed by atoms with van der Waals surface area (Å²) >= 11 is 0. The monoisotopic (exact) mass is 344 g/mol. The molecule has 1 aromatic carbocycles. The van der Waals surface area contributed by atoms with E-state index in [2.05, 4.69) is 38.1 Å². The molecule has 0 aliphatic heterocycles. The first kappa shape index (κ1) is 27.0. The van der Waals surface area contributed by atoms with Crippen LogP contribution in [0.15, 0.2) is 24.3 Å². The van der Waals surface area contributed by atoms with E-state index in [-0.39, 0.29) is 19.1 Å². The van der Waals surface area contributed by atoms with Gasteiger partial charge in [-0.3, -0.25) is 9.59 Å². The Hall–Kier alpha value is -1.92. The van der Waals surface area contributed by atoms with Crippen molar-refractivity contribution in [2.45, 2.75) is 53.6 Å². The summed E-state index contributed by atoms with van der Waals surface area (Å²) in [6, 6.07) is 8.36. The van der Waals surface area contributed by atoms with Crippen LogP contribution in [0, 0.1) is 13.8 Å². The number of hydrogen-bond acceptors (Lipinski definition) is 4. The lowest BCUT2D eigenvalue weighted by Crippen LogP contribution is -2.14. The van der Waals surface area contributed by atoms with Gasteiger partial charge in [0.15, 0.2) is 0 Å². The summed E-state index contributed by atoms with van der Waals surface area (Å²) in [5, 5.41) is 23.3. The summed E-state index contributed by atoms with van der Waals surface area (Å²) in [6.07, 6.45) is 0.734. The number of carboxylic acids is 2. The Balaban J connectivity index is -0.000000268. The van der Waals surface area contributed by atoms with E-state index >= 15 is 0 Å². The largest absolute Gasteiger partial charge is 0.481 e. The van der Waals surface area contributed by atoms with Gasteiger partial charge in [-0.1, -0.05) is 31.2 Å². The number of carbonyl (C=O) groups is 2. The van der Waals surface area contributed by atoms with Crippen LogP contribution in [0.1, 0.15) is 44.7 Å². The number of aliphatic carboxylic acids is 2. The second-order valence-corrected chi connectivity index (χ2v) is 4.78. The molecular weight excluding hydrogens is 312 g/mol. The Morgan fingerprint density at radius 2 is 1.42 bits per heavy atom. The maximum Gasteiger partial charge on any atom is 0.305 e. The lowest BCUT2D eigenvalue weighted by atomic mass is 10.1. The molecule has 0 saturated heterocycles. The highest BCUT2D eigenvalue weighted by molar-refractivity contribution is 5.67. The van der Waals surface area contributed by atoms with Crippen molar-refractivity contribution in [3.8, 4) is 0 Å². The van der Waals surface area contributed by atoms with Crippen molar-refractivity contribution in [3.63, 3.8) is 0 Å². The average Bonchev–Trinajstić information content (AvgIpc) is 2.48. The summed E-state index contributed by atoms with van der Waals surface area (Å²) in [5.74, 6) is -1.64. The second kappa shape index (κ2) is 19.1. The number of rotatable bonds is 4. The Morgan fingerprint density at radius 1 is 1.08 bits per heavy atom. The van der Waals surface area contributed by atoms with Crippen LogP contribution in [0.25, 0.3) is 0 Å². The van der Waals surface area contributed by atoms with Gasteiger partial charge in [-0.2, -0.15) is 0 Å². The molecule has 3 N–H and O–H groups in total. The summed E-state index contributed by atoms with van der Waals surface area (Å²) < 4.78 is 4.83. The molecule has 0 amide bonds. The number of methoxy groups -OCH3 is 1. The van der Waals surface area contributed by atoms with Crippen molar-refractivity contribution in [2.24, 2.45) is 0 Å². The molecule has 1 rings (SSSR count). The molecule has 0 fully saturated rings.